The monoisotopic (exact) mass is 354 g/mol. The van der Waals surface area contributed by atoms with Crippen LogP contribution in [0.3, 0.4) is 0 Å². The Morgan fingerprint density at radius 1 is 1.15 bits per heavy atom. The number of ether oxygens (including phenoxy) is 2. The quantitative estimate of drug-likeness (QED) is 0.729. The molecule has 0 spiro atoms. The lowest BCUT2D eigenvalue weighted by Crippen LogP contribution is -1.97. The first-order chi connectivity index (χ1) is 9.63. The summed E-state index contributed by atoms with van der Waals surface area (Å²) in [4.78, 5) is 0. The highest BCUT2D eigenvalue weighted by atomic mass is 79.9. The fourth-order valence-electron chi connectivity index (χ4n) is 1.88. The molecule has 2 rings (SSSR count). The fourth-order valence-corrected chi connectivity index (χ4v) is 2.72. The molecule has 4 heteroatoms. The molecule has 0 aliphatic rings. The fraction of sp³-hybridized carbons (Fsp3) is 0.250. The largest absolute Gasteiger partial charge is 0.496 e. The normalized spacial score (nSPS) is 10.4. The van der Waals surface area contributed by atoms with E-state index in [1.54, 1.807) is 7.11 Å². The molecule has 0 heterocycles. The lowest BCUT2D eigenvalue weighted by atomic mass is 10.1. The summed E-state index contributed by atoms with van der Waals surface area (Å²) in [5.74, 6) is 1.65. The van der Waals surface area contributed by atoms with Crippen LogP contribution < -0.4 is 9.47 Å². The van der Waals surface area contributed by atoms with Crippen molar-refractivity contribution < 1.29 is 9.47 Å². The molecule has 0 radical (unpaired) electrons. The molecule has 106 valence electrons. The van der Waals surface area contributed by atoms with E-state index in [1.807, 2.05) is 36.4 Å². The van der Waals surface area contributed by atoms with Crippen LogP contribution in [0.5, 0.6) is 11.5 Å². The predicted molar refractivity (Wildman–Crippen MR) is 85.9 cm³/mol. The van der Waals surface area contributed by atoms with E-state index in [0.29, 0.717) is 6.61 Å². The van der Waals surface area contributed by atoms with Gasteiger partial charge >= 0.3 is 0 Å². The first kappa shape index (κ1) is 15.2. The van der Waals surface area contributed by atoms with Crippen molar-refractivity contribution in [2.45, 2.75) is 20.0 Å². The zero-order valence-electron chi connectivity index (χ0n) is 11.5. The van der Waals surface area contributed by atoms with E-state index in [1.165, 1.54) is 0 Å². The highest BCUT2D eigenvalue weighted by molar-refractivity contribution is 9.10. The molecule has 20 heavy (non-hydrogen) atoms. The third kappa shape index (κ3) is 3.68. The second-order valence-electron chi connectivity index (χ2n) is 4.36. The Hall–Kier alpha value is -1.19. The van der Waals surface area contributed by atoms with Gasteiger partial charge in [0.2, 0.25) is 0 Å². The smallest absolute Gasteiger partial charge is 0.133 e. The summed E-state index contributed by atoms with van der Waals surface area (Å²) in [6.45, 7) is 2.58. The van der Waals surface area contributed by atoms with Crippen molar-refractivity contribution in [2.75, 3.05) is 7.11 Å². The number of aryl methyl sites for hydroxylation is 1. The second-order valence-corrected chi connectivity index (χ2v) is 5.63. The van der Waals surface area contributed by atoms with Gasteiger partial charge in [0.15, 0.2) is 0 Å². The van der Waals surface area contributed by atoms with Gasteiger partial charge in [0, 0.05) is 5.02 Å². The first-order valence-electron chi connectivity index (χ1n) is 6.37. The molecule has 0 unspecified atom stereocenters. The van der Waals surface area contributed by atoms with Crippen LogP contribution in [0.4, 0.5) is 0 Å². The van der Waals surface area contributed by atoms with Crippen LogP contribution in [0.15, 0.2) is 40.9 Å². The molecule has 0 bridgehead atoms. The van der Waals surface area contributed by atoms with Crippen LogP contribution in [-0.2, 0) is 13.0 Å². The predicted octanol–water partition coefficient (Wildman–Crippen LogP) is 5.25. The maximum Gasteiger partial charge on any atom is 0.133 e. The van der Waals surface area contributed by atoms with Crippen LogP contribution in [0.2, 0.25) is 5.02 Å². The molecule has 0 saturated heterocycles. The van der Waals surface area contributed by atoms with E-state index < -0.39 is 0 Å². The standard InChI is InChI=1S/C16H16BrClO2/c1-3-12-9-13(5-6-15(12)18)20-10-11-4-7-16(19-2)14(17)8-11/h4-9H,3,10H2,1-2H3. The molecular weight excluding hydrogens is 340 g/mol. The van der Waals surface area contributed by atoms with E-state index >= 15 is 0 Å². The average Bonchev–Trinajstić information content (AvgIpc) is 2.46. The van der Waals surface area contributed by atoms with Crippen LogP contribution in [0, 0.1) is 0 Å². The van der Waals surface area contributed by atoms with Crippen molar-refractivity contribution in [3.8, 4) is 11.5 Å². The number of methoxy groups -OCH3 is 1. The molecule has 0 aliphatic heterocycles. The summed E-state index contributed by atoms with van der Waals surface area (Å²) in [6.07, 6.45) is 0.893. The molecule has 0 amide bonds. The number of hydrogen-bond acceptors (Lipinski definition) is 2. The second kappa shape index (κ2) is 7.00. The Kier molecular flexibility index (Phi) is 5.32. The molecule has 0 fully saturated rings. The number of halogens is 2. The van der Waals surface area contributed by atoms with E-state index in [4.69, 9.17) is 21.1 Å². The summed E-state index contributed by atoms with van der Waals surface area (Å²) in [7, 11) is 1.65. The maximum absolute atomic E-state index is 6.09. The van der Waals surface area contributed by atoms with Crippen molar-refractivity contribution in [2.24, 2.45) is 0 Å². The minimum absolute atomic E-state index is 0.507. The van der Waals surface area contributed by atoms with E-state index in [2.05, 4.69) is 22.9 Å². The van der Waals surface area contributed by atoms with Crippen molar-refractivity contribution in [3.05, 3.63) is 57.0 Å². The minimum Gasteiger partial charge on any atom is -0.496 e. The van der Waals surface area contributed by atoms with Crippen molar-refractivity contribution >= 4 is 27.5 Å². The van der Waals surface area contributed by atoms with Crippen molar-refractivity contribution in [1.29, 1.82) is 0 Å². The maximum atomic E-state index is 6.09. The molecule has 2 nitrogen and oxygen atoms in total. The molecule has 2 aromatic rings. The zero-order valence-corrected chi connectivity index (χ0v) is 13.8. The van der Waals surface area contributed by atoms with Gasteiger partial charge in [-0.1, -0.05) is 24.6 Å². The SMILES string of the molecule is CCc1cc(OCc2ccc(OC)c(Br)c2)ccc1Cl. The van der Waals surface area contributed by atoms with Gasteiger partial charge in [0.1, 0.15) is 18.1 Å². The van der Waals surface area contributed by atoms with Gasteiger partial charge in [0.05, 0.1) is 11.6 Å². The molecule has 0 aromatic heterocycles. The van der Waals surface area contributed by atoms with Crippen LogP contribution in [0.1, 0.15) is 18.1 Å². The third-order valence-corrected chi connectivity index (χ3v) is 4.01. The number of hydrogen-bond donors (Lipinski definition) is 0. The zero-order chi connectivity index (χ0) is 14.5. The highest BCUT2D eigenvalue weighted by Gasteiger charge is 2.04. The Bertz CT molecular complexity index is 599. The molecule has 0 N–H and O–H groups in total. The van der Waals surface area contributed by atoms with Gasteiger partial charge < -0.3 is 9.47 Å². The lowest BCUT2D eigenvalue weighted by Gasteiger charge is -2.10. The third-order valence-electron chi connectivity index (χ3n) is 3.02. The van der Waals surface area contributed by atoms with Crippen molar-refractivity contribution in [1.82, 2.24) is 0 Å². The summed E-state index contributed by atoms with van der Waals surface area (Å²) in [5, 5.41) is 0.784. The van der Waals surface area contributed by atoms with Crippen molar-refractivity contribution in [3.63, 3.8) is 0 Å². The van der Waals surface area contributed by atoms with E-state index in [-0.39, 0.29) is 0 Å². The molecule has 2 aromatic carbocycles. The summed E-state index contributed by atoms with van der Waals surface area (Å²) >= 11 is 9.56. The number of rotatable bonds is 5. The topological polar surface area (TPSA) is 18.5 Å². The Morgan fingerprint density at radius 3 is 2.60 bits per heavy atom. The molecule has 0 atom stereocenters. The van der Waals surface area contributed by atoms with Gasteiger partial charge in [0.25, 0.3) is 0 Å². The average molecular weight is 356 g/mol. The van der Waals surface area contributed by atoms with Gasteiger partial charge in [-0.2, -0.15) is 0 Å². The lowest BCUT2D eigenvalue weighted by molar-refractivity contribution is 0.305. The van der Waals surface area contributed by atoms with Gasteiger partial charge in [-0.25, -0.2) is 0 Å². The van der Waals surface area contributed by atoms with Gasteiger partial charge in [-0.15, -0.1) is 0 Å². The summed E-state index contributed by atoms with van der Waals surface area (Å²) in [5.41, 5.74) is 2.17. The summed E-state index contributed by atoms with van der Waals surface area (Å²) < 4.78 is 11.9. The molecular formula is C16H16BrClO2. The molecule has 0 aliphatic carbocycles. The first-order valence-corrected chi connectivity index (χ1v) is 7.54. The molecule has 0 saturated carbocycles. The van der Waals surface area contributed by atoms with Crippen LogP contribution >= 0.6 is 27.5 Å². The Balaban J connectivity index is 2.07. The number of benzene rings is 2. The Labute approximate surface area is 132 Å². The van der Waals surface area contributed by atoms with Gasteiger partial charge in [-0.3, -0.25) is 0 Å². The van der Waals surface area contributed by atoms with Gasteiger partial charge in [-0.05, 0) is 63.8 Å². The summed E-state index contributed by atoms with van der Waals surface area (Å²) in [6, 6.07) is 11.7. The highest BCUT2D eigenvalue weighted by Crippen LogP contribution is 2.27. The van der Waals surface area contributed by atoms with Crippen LogP contribution in [-0.4, -0.2) is 7.11 Å². The Morgan fingerprint density at radius 2 is 1.95 bits per heavy atom. The van der Waals surface area contributed by atoms with Crippen LogP contribution in [0.25, 0.3) is 0 Å². The van der Waals surface area contributed by atoms with E-state index in [0.717, 1.165) is 38.5 Å². The van der Waals surface area contributed by atoms with E-state index in [9.17, 15) is 0 Å². The minimum atomic E-state index is 0.507.